The summed E-state index contributed by atoms with van der Waals surface area (Å²) >= 11 is 0. The second-order valence-corrected chi connectivity index (χ2v) is 8.00. The Morgan fingerprint density at radius 3 is 2.56 bits per heavy atom. The van der Waals surface area contributed by atoms with Crippen molar-refractivity contribution in [1.29, 1.82) is 0 Å². The van der Waals surface area contributed by atoms with E-state index in [0.717, 1.165) is 18.4 Å². The van der Waals surface area contributed by atoms with Gasteiger partial charge < -0.3 is 5.32 Å². The van der Waals surface area contributed by atoms with E-state index in [1.54, 1.807) is 18.2 Å². The molecule has 1 aromatic heterocycles. The number of amides is 1. The summed E-state index contributed by atoms with van der Waals surface area (Å²) in [6, 6.07) is 13.1. The third-order valence-corrected chi connectivity index (χ3v) is 5.67. The molecule has 8 nitrogen and oxygen atoms in total. The monoisotopic (exact) mass is 383 g/mol. The molecule has 3 aromatic rings. The maximum atomic E-state index is 12.4. The molecule has 1 aliphatic rings. The van der Waals surface area contributed by atoms with Gasteiger partial charge in [-0.25, -0.2) is 18.1 Å². The molecule has 0 atom stereocenters. The molecule has 1 saturated carbocycles. The number of nitrogens with one attached hydrogen (secondary N) is 3. The molecule has 1 fully saturated rings. The van der Waals surface area contributed by atoms with E-state index in [4.69, 9.17) is 0 Å². The minimum Gasteiger partial charge on any atom is -0.322 e. The Kier molecular flexibility index (Phi) is 4.46. The Labute approximate surface area is 156 Å². The second-order valence-electron chi connectivity index (χ2n) is 6.29. The van der Waals surface area contributed by atoms with Crippen LogP contribution in [0.25, 0.3) is 11.4 Å². The van der Waals surface area contributed by atoms with Crippen LogP contribution in [0.15, 0.2) is 59.8 Å². The van der Waals surface area contributed by atoms with Crippen molar-refractivity contribution in [2.45, 2.75) is 23.8 Å². The summed E-state index contributed by atoms with van der Waals surface area (Å²) in [6.07, 6.45) is 3.15. The number of benzene rings is 2. The molecular weight excluding hydrogens is 366 g/mol. The standard InChI is InChI=1S/C18H17N5O3S/c24-18(21-15-3-1-2-13(10-15)17-19-11-20-22-17)12-4-8-16(9-5-12)27(25,26)23-14-6-7-14/h1-5,8-11,14,23H,6-7H2,(H,21,24)(H,19,20,22). The van der Waals surface area contributed by atoms with Gasteiger partial charge in [-0.2, -0.15) is 5.10 Å². The van der Waals surface area contributed by atoms with Crippen LogP contribution < -0.4 is 10.0 Å². The Morgan fingerprint density at radius 2 is 1.89 bits per heavy atom. The van der Waals surface area contributed by atoms with Crippen molar-refractivity contribution in [2.24, 2.45) is 0 Å². The first-order valence-corrected chi connectivity index (χ1v) is 9.89. The number of hydrogen-bond acceptors (Lipinski definition) is 5. The number of H-pyrrole nitrogens is 1. The first kappa shape index (κ1) is 17.4. The fraction of sp³-hybridized carbons (Fsp3) is 0.167. The summed E-state index contributed by atoms with van der Waals surface area (Å²) in [5.41, 5.74) is 1.75. The summed E-state index contributed by atoms with van der Waals surface area (Å²) in [6.45, 7) is 0. The maximum Gasteiger partial charge on any atom is 0.255 e. The van der Waals surface area contributed by atoms with Crippen LogP contribution in [0.1, 0.15) is 23.2 Å². The predicted molar refractivity (Wildman–Crippen MR) is 99.6 cm³/mol. The topological polar surface area (TPSA) is 117 Å². The Hall–Kier alpha value is -3.04. The largest absolute Gasteiger partial charge is 0.322 e. The highest BCUT2D eigenvalue weighted by Gasteiger charge is 2.27. The molecule has 4 rings (SSSR count). The predicted octanol–water partition coefficient (Wildman–Crippen LogP) is 2.16. The lowest BCUT2D eigenvalue weighted by Gasteiger charge is -2.08. The summed E-state index contributed by atoms with van der Waals surface area (Å²) in [4.78, 5) is 16.7. The van der Waals surface area contributed by atoms with Gasteiger partial charge in [0.15, 0.2) is 5.82 Å². The number of carbonyl (C=O) groups excluding carboxylic acids is 1. The number of aromatic amines is 1. The maximum absolute atomic E-state index is 12.4. The summed E-state index contributed by atoms with van der Waals surface area (Å²) in [5, 5.41) is 9.37. The molecule has 1 heterocycles. The molecule has 3 N–H and O–H groups in total. The van der Waals surface area contributed by atoms with Crippen LogP contribution in [-0.4, -0.2) is 35.5 Å². The van der Waals surface area contributed by atoms with Gasteiger partial charge in [-0.15, -0.1) is 0 Å². The molecule has 1 aliphatic carbocycles. The van der Waals surface area contributed by atoms with Crippen LogP contribution in [-0.2, 0) is 10.0 Å². The van der Waals surface area contributed by atoms with Crippen molar-refractivity contribution in [3.63, 3.8) is 0 Å². The van der Waals surface area contributed by atoms with Crippen LogP contribution in [0.3, 0.4) is 0 Å². The smallest absolute Gasteiger partial charge is 0.255 e. The van der Waals surface area contributed by atoms with Gasteiger partial charge in [0.2, 0.25) is 10.0 Å². The number of anilines is 1. The van der Waals surface area contributed by atoms with Crippen molar-refractivity contribution < 1.29 is 13.2 Å². The minimum absolute atomic E-state index is 0.0367. The molecule has 27 heavy (non-hydrogen) atoms. The van der Waals surface area contributed by atoms with Crippen molar-refractivity contribution in [3.8, 4) is 11.4 Å². The van der Waals surface area contributed by atoms with Gasteiger partial charge in [-0.05, 0) is 49.2 Å². The molecule has 0 radical (unpaired) electrons. The third-order valence-electron chi connectivity index (χ3n) is 4.13. The first-order valence-electron chi connectivity index (χ1n) is 8.41. The number of rotatable bonds is 6. The summed E-state index contributed by atoms with van der Waals surface area (Å²) in [7, 11) is -3.53. The van der Waals surface area contributed by atoms with Gasteiger partial charge in [0.1, 0.15) is 6.33 Å². The average Bonchev–Trinajstić information content (AvgIpc) is 3.29. The van der Waals surface area contributed by atoms with E-state index in [0.29, 0.717) is 17.1 Å². The van der Waals surface area contributed by atoms with Crippen molar-refractivity contribution in [2.75, 3.05) is 5.32 Å². The van der Waals surface area contributed by atoms with Gasteiger partial charge in [0.05, 0.1) is 4.90 Å². The van der Waals surface area contributed by atoms with Crippen molar-refractivity contribution in [1.82, 2.24) is 19.9 Å². The lowest BCUT2D eigenvalue weighted by Crippen LogP contribution is -2.25. The number of aromatic nitrogens is 3. The molecule has 138 valence electrons. The van der Waals surface area contributed by atoms with E-state index < -0.39 is 10.0 Å². The average molecular weight is 383 g/mol. The van der Waals surface area contributed by atoms with Gasteiger partial charge >= 0.3 is 0 Å². The van der Waals surface area contributed by atoms with Crippen molar-refractivity contribution >= 4 is 21.6 Å². The first-order chi connectivity index (χ1) is 13.0. The van der Waals surface area contributed by atoms with E-state index in [2.05, 4.69) is 25.2 Å². The molecule has 2 aromatic carbocycles. The fourth-order valence-corrected chi connectivity index (χ4v) is 3.87. The molecular formula is C18H17N5O3S. The minimum atomic E-state index is -3.53. The molecule has 0 saturated heterocycles. The lowest BCUT2D eigenvalue weighted by molar-refractivity contribution is 0.102. The highest BCUT2D eigenvalue weighted by Crippen LogP contribution is 2.23. The Bertz CT molecular complexity index is 1060. The van der Waals surface area contributed by atoms with Crippen LogP contribution in [0.5, 0.6) is 0 Å². The number of nitrogens with zero attached hydrogens (tertiary/aromatic N) is 2. The zero-order valence-electron chi connectivity index (χ0n) is 14.2. The molecule has 0 aliphatic heterocycles. The highest BCUT2D eigenvalue weighted by molar-refractivity contribution is 7.89. The van der Waals surface area contributed by atoms with E-state index in [1.807, 2.05) is 6.07 Å². The molecule has 1 amide bonds. The van der Waals surface area contributed by atoms with Crippen molar-refractivity contribution in [3.05, 3.63) is 60.4 Å². The Morgan fingerprint density at radius 1 is 1.11 bits per heavy atom. The Balaban J connectivity index is 1.48. The molecule has 0 unspecified atom stereocenters. The summed E-state index contributed by atoms with van der Waals surface area (Å²) in [5.74, 6) is 0.271. The highest BCUT2D eigenvalue weighted by atomic mass is 32.2. The van der Waals surface area contributed by atoms with E-state index >= 15 is 0 Å². The normalized spacial score (nSPS) is 14.1. The van der Waals surface area contributed by atoms with E-state index in [-0.39, 0.29) is 16.8 Å². The zero-order chi connectivity index (χ0) is 18.9. The lowest BCUT2D eigenvalue weighted by atomic mass is 10.1. The van der Waals surface area contributed by atoms with Gasteiger partial charge in [-0.1, -0.05) is 12.1 Å². The van der Waals surface area contributed by atoms with Crippen LogP contribution in [0.2, 0.25) is 0 Å². The van der Waals surface area contributed by atoms with Gasteiger partial charge in [0.25, 0.3) is 5.91 Å². The van der Waals surface area contributed by atoms with Gasteiger partial charge in [0, 0.05) is 22.9 Å². The zero-order valence-corrected chi connectivity index (χ0v) is 15.0. The number of sulfonamides is 1. The second kappa shape index (κ2) is 6.93. The van der Waals surface area contributed by atoms with Crippen LogP contribution >= 0.6 is 0 Å². The van der Waals surface area contributed by atoms with E-state index in [1.165, 1.54) is 30.6 Å². The quantitative estimate of drug-likeness (QED) is 0.603. The number of carbonyl (C=O) groups is 1. The third kappa shape index (κ3) is 4.04. The molecule has 0 spiro atoms. The van der Waals surface area contributed by atoms with E-state index in [9.17, 15) is 13.2 Å². The number of hydrogen-bond donors (Lipinski definition) is 3. The molecule has 9 heteroatoms. The van der Waals surface area contributed by atoms with Gasteiger partial charge in [-0.3, -0.25) is 9.89 Å². The SMILES string of the molecule is O=C(Nc1cccc(-c2ncn[nH]2)c1)c1ccc(S(=O)(=O)NC2CC2)cc1. The van der Waals surface area contributed by atoms with Crippen LogP contribution in [0, 0.1) is 0 Å². The van der Waals surface area contributed by atoms with Crippen LogP contribution in [0.4, 0.5) is 5.69 Å². The fourth-order valence-electron chi connectivity index (χ4n) is 2.57. The summed E-state index contributed by atoms with van der Waals surface area (Å²) < 4.78 is 27.0. The molecule has 0 bridgehead atoms.